The number of esters is 6. The fourth-order valence-electron chi connectivity index (χ4n) is 14.7. The third-order valence-corrected chi connectivity index (χ3v) is 18.7. The van der Waals surface area contributed by atoms with Crippen molar-refractivity contribution in [3.05, 3.63) is 119 Å². The molecule has 9 atom stereocenters. The molecule has 21 heteroatoms. The Hall–Kier alpha value is -7.62. The lowest BCUT2D eigenvalue weighted by Gasteiger charge is -2.41. The lowest BCUT2D eigenvalue weighted by Crippen LogP contribution is -2.56. The third kappa shape index (κ3) is 10.8. The number of aliphatic hydroxyl groups is 1. The zero-order valence-electron chi connectivity index (χ0n) is 49.5. The Bertz CT molecular complexity index is 3190. The van der Waals surface area contributed by atoms with E-state index >= 15 is 0 Å². The molecule has 8 heterocycles. The van der Waals surface area contributed by atoms with Crippen LogP contribution in [-0.4, -0.2) is 152 Å². The van der Waals surface area contributed by atoms with Crippen molar-refractivity contribution in [3.63, 3.8) is 0 Å². The number of nitrogens with zero attached hydrogens (tertiary/aromatic N) is 2. The van der Waals surface area contributed by atoms with Crippen LogP contribution in [0.25, 0.3) is 0 Å². The van der Waals surface area contributed by atoms with Crippen molar-refractivity contribution < 1.29 is 90.7 Å². The Balaban J connectivity index is 0.000000141. The van der Waals surface area contributed by atoms with Gasteiger partial charge in [-0.3, -0.25) is 24.2 Å². The summed E-state index contributed by atoms with van der Waals surface area (Å²) in [6.45, 7) is 11.6. The van der Waals surface area contributed by atoms with Gasteiger partial charge in [-0.15, -0.1) is 6.58 Å². The van der Waals surface area contributed by atoms with E-state index in [0.717, 1.165) is 104 Å². The predicted octanol–water partition coefficient (Wildman–Crippen LogP) is 7.26. The van der Waals surface area contributed by atoms with Gasteiger partial charge in [-0.1, -0.05) is 63.1 Å². The topological polar surface area (TPSA) is 240 Å². The van der Waals surface area contributed by atoms with Gasteiger partial charge in [-0.2, -0.15) is 0 Å². The number of ether oxygens (including phenoxy) is 12. The molecule has 0 amide bonds. The maximum atomic E-state index is 13.5. The quantitative estimate of drug-likeness (QED) is 0.0794. The molecule has 10 aliphatic rings. The lowest BCUT2D eigenvalue weighted by molar-refractivity contribution is -0.212. The first kappa shape index (κ1) is 60.1. The third-order valence-electron chi connectivity index (χ3n) is 18.7. The van der Waals surface area contributed by atoms with Crippen molar-refractivity contribution in [1.29, 1.82) is 0 Å². The van der Waals surface area contributed by atoms with E-state index in [0.29, 0.717) is 36.5 Å². The number of hydrogen-bond donors (Lipinski definition) is 1. The normalized spacial score (nSPS) is 29.0. The molecule has 3 aromatic rings. The Labute approximate surface area is 499 Å². The maximum absolute atomic E-state index is 13.5. The fraction of sp³-hybridized carbons (Fsp3) is 0.538. The molecule has 0 unspecified atom stereocenters. The van der Waals surface area contributed by atoms with E-state index in [1.165, 1.54) is 12.7 Å². The van der Waals surface area contributed by atoms with Crippen LogP contribution in [0, 0.1) is 0 Å². The number of cyclic esters (lactones) is 2. The average Bonchev–Trinajstić information content (AvgIpc) is 1.57. The summed E-state index contributed by atoms with van der Waals surface area (Å²) >= 11 is 0. The highest BCUT2D eigenvalue weighted by Crippen LogP contribution is 2.58. The lowest BCUT2D eigenvalue weighted by atomic mass is 9.77. The summed E-state index contributed by atoms with van der Waals surface area (Å²) in [7, 11) is 4.43. The number of hydrogen-bond acceptors (Lipinski definition) is 21. The SMILES string of the molecule is C=CC[C@]1(C(=O)OCc2ccccc2)CC(=O)O1.CCC[C@@](O)(CC(=O)OC)C(=O)O[C@@H]1C(OC)=C[C@]23CCCN2CCc2cc4c(cc2[C@H]13)OCO4.CCC[C@]1(C(=O)O[C@@H]2C(OC)=C[C@]34CCCN3CCc3cc5c(cc3[C@H]24)OCO5)CC(=O)O1. The number of fused-ring (bicyclic) bond motifs is 6. The Morgan fingerprint density at radius 1 is 0.698 bits per heavy atom. The number of methoxy groups -OCH3 is 3. The van der Waals surface area contributed by atoms with Crippen LogP contribution in [0.15, 0.2) is 90.9 Å². The van der Waals surface area contributed by atoms with Crippen LogP contribution in [0.4, 0.5) is 0 Å². The van der Waals surface area contributed by atoms with Gasteiger partial charge < -0.3 is 61.9 Å². The highest BCUT2D eigenvalue weighted by molar-refractivity contribution is 5.94. The molecule has 0 bridgehead atoms. The molecule has 8 aliphatic heterocycles. The molecular formula is C65H76N2O19. The number of carbonyl (C=O) groups excluding carboxylic acids is 6. The van der Waals surface area contributed by atoms with Gasteiger partial charge in [0.15, 0.2) is 40.8 Å². The molecule has 0 radical (unpaired) electrons. The molecule has 4 saturated heterocycles. The molecule has 86 heavy (non-hydrogen) atoms. The molecule has 4 fully saturated rings. The number of rotatable bonds is 17. The standard InChI is InChI=1S/C26H33NO8.C25H29NO7.C14H14O4/c1-4-7-26(30,14-21(28)32-3)24(29)35-23-20(31-2)13-25-8-5-9-27(25)10-6-16-11-18-19(34-15-33-18)12-17(16)22(23)25;1-3-6-25(13-20(27)33-25)23(28)32-22-19(29-2)12-24-7-4-8-26(24)9-5-15-10-17-18(31-14-30-17)11-16(15)21(22)24;1-2-8-14(9-12(15)18-14)13(16)17-10-11-6-4-3-5-7-11/h11-13,22-23,30H,4-10,14-15H2,1-3H3;10-12,21-22H,3-9,13-14H2,1-2H3;2-7H,1,8-10H2/t22-,23-,25+,26-;21-,22-,24+,25-;14-/m111/s1. The van der Waals surface area contributed by atoms with E-state index in [4.69, 9.17) is 56.8 Å². The monoisotopic (exact) mass is 1190 g/mol. The number of benzene rings is 3. The van der Waals surface area contributed by atoms with E-state index in [1.54, 1.807) is 20.3 Å². The summed E-state index contributed by atoms with van der Waals surface area (Å²) in [5.41, 5.74) is 0.377. The summed E-state index contributed by atoms with van der Waals surface area (Å²) < 4.78 is 66.7. The van der Waals surface area contributed by atoms with E-state index < -0.39 is 59.3 Å². The molecule has 3 aromatic carbocycles. The van der Waals surface area contributed by atoms with Gasteiger partial charge in [0.25, 0.3) is 0 Å². The van der Waals surface area contributed by atoms with E-state index in [2.05, 4.69) is 40.7 Å². The van der Waals surface area contributed by atoms with Crippen molar-refractivity contribution in [3.8, 4) is 23.0 Å². The van der Waals surface area contributed by atoms with Gasteiger partial charge in [0.05, 0.1) is 63.5 Å². The molecule has 21 nitrogen and oxygen atoms in total. The first-order valence-corrected chi connectivity index (χ1v) is 29.9. The van der Waals surface area contributed by atoms with Gasteiger partial charge in [-0.25, -0.2) is 14.4 Å². The van der Waals surface area contributed by atoms with Crippen LogP contribution >= 0.6 is 0 Å². The highest BCUT2D eigenvalue weighted by atomic mass is 16.7. The summed E-state index contributed by atoms with van der Waals surface area (Å²) in [4.78, 5) is 78.3. The predicted molar refractivity (Wildman–Crippen MR) is 304 cm³/mol. The molecule has 460 valence electrons. The van der Waals surface area contributed by atoms with Crippen molar-refractivity contribution in [2.75, 3.05) is 61.1 Å². The van der Waals surface area contributed by atoms with Gasteiger partial charge >= 0.3 is 35.8 Å². The summed E-state index contributed by atoms with van der Waals surface area (Å²) in [5.74, 6) is 0.465. The minimum absolute atomic E-state index is 0.0621. The summed E-state index contributed by atoms with van der Waals surface area (Å²) in [6.07, 6.45) is 11.8. The van der Waals surface area contributed by atoms with Crippen molar-refractivity contribution in [2.24, 2.45) is 0 Å². The molecule has 1 N–H and O–H groups in total. The van der Waals surface area contributed by atoms with Crippen molar-refractivity contribution >= 4 is 35.8 Å². The first-order chi connectivity index (χ1) is 41.5. The van der Waals surface area contributed by atoms with Crippen molar-refractivity contribution in [2.45, 2.75) is 162 Å². The minimum atomic E-state index is -1.98. The second-order valence-electron chi connectivity index (χ2n) is 23.7. The number of carbonyl (C=O) groups is 6. The fourth-order valence-corrected chi connectivity index (χ4v) is 14.7. The Kier molecular flexibility index (Phi) is 17.0. The van der Waals surface area contributed by atoms with Gasteiger partial charge in [0.2, 0.25) is 24.8 Å². The second kappa shape index (κ2) is 24.3. The Morgan fingerprint density at radius 3 is 1.69 bits per heavy atom. The van der Waals surface area contributed by atoms with Crippen LogP contribution in [0.1, 0.15) is 131 Å². The van der Waals surface area contributed by atoms with Crippen LogP contribution in [0.5, 0.6) is 23.0 Å². The zero-order valence-corrected chi connectivity index (χ0v) is 49.5. The summed E-state index contributed by atoms with van der Waals surface area (Å²) in [6, 6.07) is 17.5. The smallest absolute Gasteiger partial charge is 0.351 e. The largest absolute Gasteiger partial charge is 0.497 e. The van der Waals surface area contributed by atoms with Gasteiger partial charge in [0.1, 0.15) is 18.1 Å². The first-order valence-electron chi connectivity index (χ1n) is 29.9. The van der Waals surface area contributed by atoms with E-state index in [1.807, 2.05) is 56.3 Å². The molecule has 0 saturated carbocycles. The van der Waals surface area contributed by atoms with Crippen LogP contribution in [0.3, 0.4) is 0 Å². The van der Waals surface area contributed by atoms with Gasteiger partial charge in [-0.05, 0) is 129 Å². The second-order valence-corrected chi connectivity index (χ2v) is 23.7. The van der Waals surface area contributed by atoms with Gasteiger partial charge in [0, 0.05) is 19.5 Å². The van der Waals surface area contributed by atoms with E-state index in [-0.39, 0.29) is 80.7 Å². The van der Waals surface area contributed by atoms with Crippen molar-refractivity contribution in [1.82, 2.24) is 9.80 Å². The van der Waals surface area contributed by atoms with E-state index in [9.17, 15) is 33.9 Å². The molecule has 2 aliphatic carbocycles. The molecule has 0 aromatic heterocycles. The minimum Gasteiger partial charge on any atom is -0.497 e. The average molecular weight is 1190 g/mol. The highest BCUT2D eigenvalue weighted by Gasteiger charge is 2.62. The van der Waals surface area contributed by atoms with Crippen LogP contribution < -0.4 is 18.9 Å². The summed E-state index contributed by atoms with van der Waals surface area (Å²) in [5, 5.41) is 11.2. The molecule has 2 spiro atoms. The van der Waals surface area contributed by atoms with Crippen LogP contribution in [-0.2, 0) is 86.1 Å². The molecule has 13 rings (SSSR count). The molecular weight excluding hydrogens is 1110 g/mol. The Morgan fingerprint density at radius 2 is 1.21 bits per heavy atom. The maximum Gasteiger partial charge on any atom is 0.351 e. The zero-order chi connectivity index (χ0) is 60.6. The van der Waals surface area contributed by atoms with Crippen LogP contribution in [0.2, 0.25) is 0 Å².